The smallest absolute Gasteiger partial charge is 0.0336 e. The fourth-order valence-corrected chi connectivity index (χ4v) is 3.11. The van der Waals surface area contributed by atoms with Crippen molar-refractivity contribution >= 4 is 11.6 Å². The van der Waals surface area contributed by atoms with Crippen LogP contribution in [0.5, 0.6) is 0 Å². The molecule has 2 aliphatic rings. The lowest BCUT2D eigenvalue weighted by Gasteiger charge is -2.29. The van der Waals surface area contributed by atoms with E-state index in [2.05, 4.69) is 6.08 Å². The molecule has 0 radical (unpaired) electrons. The molecule has 2 rings (SSSR count). The second-order valence-corrected chi connectivity index (χ2v) is 5.76. The zero-order chi connectivity index (χ0) is 10.7. The summed E-state index contributed by atoms with van der Waals surface area (Å²) in [5.74, 6) is 0.857. The molecular formula is C13H22ClN. The summed E-state index contributed by atoms with van der Waals surface area (Å²) in [5.41, 5.74) is 7.66. The monoisotopic (exact) mass is 227 g/mol. The van der Waals surface area contributed by atoms with Gasteiger partial charge in [-0.25, -0.2) is 0 Å². The van der Waals surface area contributed by atoms with Gasteiger partial charge in [0.15, 0.2) is 0 Å². The van der Waals surface area contributed by atoms with Gasteiger partial charge in [0.05, 0.1) is 0 Å². The number of nitrogens with two attached hydrogens (primary N) is 1. The molecule has 1 unspecified atom stereocenters. The van der Waals surface area contributed by atoms with Crippen LogP contribution in [0.4, 0.5) is 0 Å². The second kappa shape index (κ2) is 5.36. The molecule has 1 fully saturated rings. The Kier molecular flexibility index (Phi) is 4.10. The van der Waals surface area contributed by atoms with Crippen LogP contribution in [0, 0.1) is 5.92 Å². The highest BCUT2D eigenvalue weighted by molar-refractivity contribution is 6.20. The Bertz CT molecular complexity index is 229. The first-order valence-corrected chi connectivity index (χ1v) is 6.78. The van der Waals surface area contributed by atoms with Crippen molar-refractivity contribution in [1.82, 2.24) is 0 Å². The first-order valence-electron chi connectivity index (χ1n) is 6.34. The van der Waals surface area contributed by atoms with Gasteiger partial charge in [0, 0.05) is 11.4 Å². The second-order valence-electron chi connectivity index (χ2n) is 5.14. The van der Waals surface area contributed by atoms with Crippen LogP contribution >= 0.6 is 11.6 Å². The largest absolute Gasteiger partial charge is 0.324 e. The van der Waals surface area contributed by atoms with Crippen molar-refractivity contribution in [2.75, 3.05) is 0 Å². The van der Waals surface area contributed by atoms with Gasteiger partial charge in [-0.15, -0.1) is 11.6 Å². The summed E-state index contributed by atoms with van der Waals surface area (Å²) >= 11 is 6.11. The molecule has 0 aromatic carbocycles. The quantitative estimate of drug-likeness (QED) is 0.566. The van der Waals surface area contributed by atoms with Crippen LogP contribution in [0.15, 0.2) is 11.6 Å². The Morgan fingerprint density at radius 2 is 1.93 bits per heavy atom. The van der Waals surface area contributed by atoms with E-state index >= 15 is 0 Å². The lowest BCUT2D eigenvalue weighted by atomic mass is 9.81. The van der Waals surface area contributed by atoms with Crippen LogP contribution in [0.2, 0.25) is 0 Å². The van der Waals surface area contributed by atoms with Gasteiger partial charge in [0.1, 0.15) is 0 Å². The van der Waals surface area contributed by atoms with Crippen molar-refractivity contribution in [3.63, 3.8) is 0 Å². The molecule has 86 valence electrons. The Labute approximate surface area is 98.1 Å². The molecule has 1 atom stereocenters. The van der Waals surface area contributed by atoms with Crippen molar-refractivity contribution in [3.05, 3.63) is 11.6 Å². The lowest BCUT2D eigenvalue weighted by Crippen LogP contribution is -2.27. The molecule has 0 saturated heterocycles. The maximum atomic E-state index is 6.13. The standard InChI is InChI=1S/C13H22ClN/c14-12-7-5-10(6-8-12)9-11-3-1-2-4-13(11)15/h3,10,12-13H,1-2,4-9,15H2. The predicted molar refractivity (Wildman–Crippen MR) is 66.1 cm³/mol. The van der Waals surface area contributed by atoms with Crippen LogP contribution in [0.3, 0.4) is 0 Å². The Morgan fingerprint density at radius 1 is 1.20 bits per heavy atom. The Balaban J connectivity index is 1.83. The molecule has 0 heterocycles. The number of rotatable bonds is 2. The highest BCUT2D eigenvalue weighted by Gasteiger charge is 2.22. The van der Waals surface area contributed by atoms with Gasteiger partial charge < -0.3 is 5.73 Å². The predicted octanol–water partition coefficient (Wildman–Crippen LogP) is 3.61. The summed E-state index contributed by atoms with van der Waals surface area (Å²) in [5, 5.41) is 0.440. The summed E-state index contributed by atoms with van der Waals surface area (Å²) < 4.78 is 0. The van der Waals surface area contributed by atoms with Crippen LogP contribution < -0.4 is 5.73 Å². The van der Waals surface area contributed by atoms with Crippen LogP contribution in [-0.4, -0.2) is 11.4 Å². The summed E-state index contributed by atoms with van der Waals surface area (Å²) in [6.07, 6.45) is 12.4. The van der Waals surface area contributed by atoms with E-state index in [1.54, 1.807) is 0 Å². The van der Waals surface area contributed by atoms with Crippen LogP contribution in [0.25, 0.3) is 0 Å². The van der Waals surface area contributed by atoms with Gasteiger partial charge in [-0.2, -0.15) is 0 Å². The minimum Gasteiger partial charge on any atom is -0.324 e. The number of alkyl halides is 1. The van der Waals surface area contributed by atoms with Crippen molar-refractivity contribution in [2.45, 2.75) is 62.8 Å². The average molecular weight is 228 g/mol. The number of hydrogen-bond donors (Lipinski definition) is 1. The molecule has 0 aromatic heterocycles. The normalized spacial score (nSPS) is 37.5. The van der Waals surface area contributed by atoms with Gasteiger partial charge in [-0.3, -0.25) is 0 Å². The van der Waals surface area contributed by atoms with E-state index in [1.807, 2.05) is 0 Å². The maximum absolute atomic E-state index is 6.13. The van der Waals surface area contributed by atoms with E-state index in [-0.39, 0.29) is 0 Å². The van der Waals surface area contributed by atoms with Gasteiger partial charge in [-0.1, -0.05) is 11.6 Å². The molecule has 1 saturated carbocycles. The van der Waals surface area contributed by atoms with Crippen LogP contribution in [-0.2, 0) is 0 Å². The fourth-order valence-electron chi connectivity index (χ4n) is 2.86. The Morgan fingerprint density at radius 3 is 2.60 bits per heavy atom. The molecule has 0 amide bonds. The SMILES string of the molecule is NC1CCCC=C1CC1CCC(Cl)CC1. The third kappa shape index (κ3) is 3.22. The molecule has 15 heavy (non-hydrogen) atoms. The highest BCUT2D eigenvalue weighted by Crippen LogP contribution is 2.33. The van der Waals surface area contributed by atoms with E-state index in [0.717, 1.165) is 5.92 Å². The van der Waals surface area contributed by atoms with E-state index in [4.69, 9.17) is 17.3 Å². The van der Waals surface area contributed by atoms with Crippen LogP contribution in [0.1, 0.15) is 51.4 Å². The topological polar surface area (TPSA) is 26.0 Å². The summed E-state index contributed by atoms with van der Waals surface area (Å²) in [7, 11) is 0. The van der Waals surface area contributed by atoms with Gasteiger partial charge in [0.25, 0.3) is 0 Å². The zero-order valence-electron chi connectivity index (χ0n) is 9.42. The van der Waals surface area contributed by atoms with Crippen molar-refractivity contribution in [3.8, 4) is 0 Å². The summed E-state index contributed by atoms with van der Waals surface area (Å²) in [6.45, 7) is 0. The zero-order valence-corrected chi connectivity index (χ0v) is 10.2. The molecule has 2 aliphatic carbocycles. The molecule has 0 aromatic rings. The van der Waals surface area contributed by atoms with Gasteiger partial charge in [0.2, 0.25) is 0 Å². The fraction of sp³-hybridized carbons (Fsp3) is 0.846. The molecule has 2 N–H and O–H groups in total. The van der Waals surface area contributed by atoms with Crippen molar-refractivity contribution < 1.29 is 0 Å². The number of halogens is 1. The third-order valence-electron chi connectivity index (χ3n) is 3.90. The molecule has 2 heteroatoms. The molecule has 0 aliphatic heterocycles. The minimum absolute atomic E-state index is 0.354. The van der Waals surface area contributed by atoms with E-state index < -0.39 is 0 Å². The highest BCUT2D eigenvalue weighted by atomic mass is 35.5. The first kappa shape index (κ1) is 11.5. The molecule has 0 bridgehead atoms. The number of allylic oxidation sites excluding steroid dienone is 1. The third-order valence-corrected chi connectivity index (χ3v) is 4.34. The minimum atomic E-state index is 0.354. The van der Waals surface area contributed by atoms with E-state index in [0.29, 0.717) is 11.4 Å². The lowest BCUT2D eigenvalue weighted by molar-refractivity contribution is 0.351. The molecule has 1 nitrogen and oxygen atoms in total. The van der Waals surface area contributed by atoms with Gasteiger partial charge >= 0.3 is 0 Å². The van der Waals surface area contributed by atoms with E-state index in [1.165, 1.54) is 56.9 Å². The summed E-state index contributed by atoms with van der Waals surface area (Å²) in [4.78, 5) is 0. The maximum Gasteiger partial charge on any atom is 0.0336 e. The molecule has 0 spiro atoms. The van der Waals surface area contributed by atoms with Gasteiger partial charge in [-0.05, 0) is 57.3 Å². The summed E-state index contributed by atoms with van der Waals surface area (Å²) in [6, 6.07) is 0.354. The van der Waals surface area contributed by atoms with Crippen molar-refractivity contribution in [1.29, 1.82) is 0 Å². The first-order chi connectivity index (χ1) is 7.25. The van der Waals surface area contributed by atoms with E-state index in [9.17, 15) is 0 Å². The number of hydrogen-bond acceptors (Lipinski definition) is 1. The molecular weight excluding hydrogens is 206 g/mol. The average Bonchev–Trinajstić information content (AvgIpc) is 2.25. The van der Waals surface area contributed by atoms with Crippen molar-refractivity contribution in [2.24, 2.45) is 11.7 Å². The Hall–Kier alpha value is -0.0100.